The van der Waals surface area contributed by atoms with Gasteiger partial charge in [-0.1, -0.05) is 36.4 Å². The summed E-state index contributed by atoms with van der Waals surface area (Å²) in [5.74, 6) is 0.618. The van der Waals surface area contributed by atoms with Gasteiger partial charge in [-0.3, -0.25) is 9.48 Å². The van der Waals surface area contributed by atoms with Gasteiger partial charge in [0.2, 0.25) is 5.91 Å². The number of carbonyl (C=O) groups excluding carboxylic acids is 1. The molecule has 144 valence electrons. The topological polar surface area (TPSA) is 50.2 Å². The van der Waals surface area contributed by atoms with Crippen molar-refractivity contribution in [2.24, 2.45) is 0 Å². The largest absolute Gasteiger partial charge is 0.337 e. The molecule has 27 heavy (non-hydrogen) atoms. The monoisotopic (exact) mass is 386 g/mol. The first-order valence-electron chi connectivity index (χ1n) is 9.56. The van der Waals surface area contributed by atoms with Crippen LogP contribution < -0.4 is 5.32 Å². The van der Waals surface area contributed by atoms with E-state index in [1.165, 1.54) is 29.7 Å². The fourth-order valence-electron chi connectivity index (χ4n) is 3.96. The summed E-state index contributed by atoms with van der Waals surface area (Å²) < 4.78 is 1.90. The third-order valence-electron chi connectivity index (χ3n) is 5.46. The average Bonchev–Trinajstić information content (AvgIpc) is 3.17. The van der Waals surface area contributed by atoms with Crippen LogP contribution in [-0.2, 0) is 11.3 Å². The van der Waals surface area contributed by atoms with Crippen LogP contribution in [0.1, 0.15) is 36.4 Å². The molecule has 3 heterocycles. The minimum atomic E-state index is 0. The number of piperidine rings is 1. The molecule has 0 bridgehead atoms. The predicted molar refractivity (Wildman–Crippen MR) is 110 cm³/mol. The van der Waals surface area contributed by atoms with E-state index in [1.54, 1.807) is 0 Å². The maximum Gasteiger partial charge on any atom is 0.244 e. The Labute approximate surface area is 166 Å². The van der Waals surface area contributed by atoms with Crippen LogP contribution in [-0.4, -0.2) is 46.8 Å². The van der Waals surface area contributed by atoms with Crippen LogP contribution in [0.25, 0.3) is 5.57 Å². The third kappa shape index (κ3) is 4.60. The number of nitrogens with one attached hydrogen (secondary N) is 1. The molecule has 0 radical (unpaired) electrons. The quantitative estimate of drug-likeness (QED) is 0.878. The van der Waals surface area contributed by atoms with Crippen molar-refractivity contribution in [3.05, 3.63) is 59.9 Å². The third-order valence-corrected chi connectivity index (χ3v) is 5.46. The van der Waals surface area contributed by atoms with Crippen molar-refractivity contribution in [3.63, 3.8) is 0 Å². The minimum Gasteiger partial charge on any atom is -0.337 e. The molecule has 1 saturated heterocycles. The van der Waals surface area contributed by atoms with Crippen LogP contribution in [0.5, 0.6) is 0 Å². The first-order chi connectivity index (χ1) is 12.8. The molecule has 1 N–H and O–H groups in total. The molecule has 2 aromatic rings. The highest BCUT2D eigenvalue weighted by Gasteiger charge is 2.22. The summed E-state index contributed by atoms with van der Waals surface area (Å²) in [6.45, 7) is 3.87. The Morgan fingerprint density at radius 2 is 2.07 bits per heavy atom. The van der Waals surface area contributed by atoms with Gasteiger partial charge in [-0.25, -0.2) is 0 Å². The van der Waals surface area contributed by atoms with Crippen LogP contribution in [0.2, 0.25) is 0 Å². The summed E-state index contributed by atoms with van der Waals surface area (Å²) in [6, 6.07) is 12.5. The molecule has 6 heteroatoms. The molecule has 5 nitrogen and oxygen atoms in total. The Balaban J connectivity index is 0.00000210. The highest BCUT2D eigenvalue weighted by Crippen LogP contribution is 2.24. The molecule has 1 atom stereocenters. The van der Waals surface area contributed by atoms with Gasteiger partial charge in [-0.2, -0.15) is 5.10 Å². The van der Waals surface area contributed by atoms with Crippen molar-refractivity contribution < 1.29 is 4.79 Å². The molecule has 0 aliphatic carbocycles. The van der Waals surface area contributed by atoms with E-state index in [0.717, 1.165) is 26.1 Å². The molecular weight excluding hydrogens is 360 g/mol. The van der Waals surface area contributed by atoms with Crippen molar-refractivity contribution in [3.8, 4) is 0 Å². The number of halogens is 1. The first-order valence-corrected chi connectivity index (χ1v) is 9.56. The summed E-state index contributed by atoms with van der Waals surface area (Å²) in [7, 11) is 0. The molecule has 1 aromatic heterocycles. The predicted octanol–water partition coefficient (Wildman–Crippen LogP) is 3.09. The van der Waals surface area contributed by atoms with Gasteiger partial charge in [0.1, 0.15) is 6.54 Å². The summed E-state index contributed by atoms with van der Waals surface area (Å²) in [6.07, 6.45) is 7.27. The zero-order valence-corrected chi connectivity index (χ0v) is 16.3. The number of hydrogen-bond donors (Lipinski definition) is 1. The molecule has 1 fully saturated rings. The van der Waals surface area contributed by atoms with E-state index >= 15 is 0 Å². The second-order valence-electron chi connectivity index (χ2n) is 7.14. The number of benzene rings is 1. The standard InChI is InChI=1S/C21H26N4O.ClH/c26-21(16-25-20(8-12-23-25)19-7-4-11-22-15-19)24-13-9-18(10-14-24)17-5-2-1-3-6-17;/h1-3,5-6,8-9,12,19,22H,4,7,10-11,13-16H2;1H. The SMILES string of the molecule is Cl.O=C(Cn1nccc1C1CCCNC1)N1CC=C(c2ccccc2)CC1. The Bertz CT molecular complexity index is 780. The average molecular weight is 387 g/mol. The molecule has 0 spiro atoms. The van der Waals surface area contributed by atoms with Crippen LogP contribution in [0, 0.1) is 0 Å². The van der Waals surface area contributed by atoms with Crippen molar-refractivity contribution in [2.75, 3.05) is 26.2 Å². The Morgan fingerprint density at radius 3 is 2.78 bits per heavy atom. The second kappa shape index (κ2) is 9.20. The van der Waals surface area contributed by atoms with Crippen LogP contribution in [0.15, 0.2) is 48.7 Å². The molecule has 4 rings (SSSR count). The van der Waals surface area contributed by atoms with Gasteiger partial charge in [0, 0.05) is 37.4 Å². The van der Waals surface area contributed by atoms with E-state index < -0.39 is 0 Å². The first kappa shape index (κ1) is 19.6. The Hall–Kier alpha value is -2.11. The van der Waals surface area contributed by atoms with Gasteiger partial charge >= 0.3 is 0 Å². The fraction of sp³-hybridized carbons (Fsp3) is 0.429. The number of rotatable bonds is 4. The lowest BCUT2D eigenvalue weighted by Crippen LogP contribution is -2.38. The Morgan fingerprint density at radius 1 is 1.22 bits per heavy atom. The molecule has 1 amide bonds. The van der Waals surface area contributed by atoms with Crippen molar-refractivity contribution in [2.45, 2.75) is 31.7 Å². The van der Waals surface area contributed by atoms with Crippen molar-refractivity contribution >= 4 is 23.9 Å². The number of carbonyl (C=O) groups is 1. The normalized spacial score (nSPS) is 19.9. The van der Waals surface area contributed by atoms with E-state index in [-0.39, 0.29) is 18.3 Å². The number of nitrogens with zero attached hydrogens (tertiary/aromatic N) is 3. The van der Waals surface area contributed by atoms with Crippen molar-refractivity contribution in [1.29, 1.82) is 0 Å². The van der Waals surface area contributed by atoms with Crippen LogP contribution >= 0.6 is 12.4 Å². The van der Waals surface area contributed by atoms with Crippen LogP contribution in [0.4, 0.5) is 0 Å². The summed E-state index contributed by atoms with van der Waals surface area (Å²) in [4.78, 5) is 14.7. The molecule has 1 aromatic carbocycles. The van der Waals surface area contributed by atoms with E-state index in [1.807, 2.05) is 21.8 Å². The zero-order chi connectivity index (χ0) is 17.8. The molecule has 2 aliphatic rings. The maximum atomic E-state index is 12.8. The number of amides is 1. The Kier molecular flexibility index (Phi) is 6.69. The van der Waals surface area contributed by atoms with Gasteiger partial charge in [0.25, 0.3) is 0 Å². The van der Waals surface area contributed by atoms with E-state index in [9.17, 15) is 4.79 Å². The summed E-state index contributed by atoms with van der Waals surface area (Å²) >= 11 is 0. The van der Waals surface area contributed by atoms with Gasteiger partial charge in [-0.05, 0) is 43.0 Å². The molecular formula is C21H27ClN4O. The van der Waals surface area contributed by atoms with E-state index in [0.29, 0.717) is 19.0 Å². The summed E-state index contributed by atoms with van der Waals surface area (Å²) in [5.41, 5.74) is 3.78. The van der Waals surface area contributed by atoms with E-state index in [2.05, 4.69) is 46.8 Å². The second-order valence-corrected chi connectivity index (χ2v) is 7.14. The molecule has 2 aliphatic heterocycles. The van der Waals surface area contributed by atoms with Gasteiger partial charge in [0.05, 0.1) is 0 Å². The smallest absolute Gasteiger partial charge is 0.244 e. The van der Waals surface area contributed by atoms with Gasteiger partial charge in [-0.15, -0.1) is 12.4 Å². The van der Waals surface area contributed by atoms with Crippen molar-refractivity contribution in [1.82, 2.24) is 20.0 Å². The highest BCUT2D eigenvalue weighted by atomic mass is 35.5. The minimum absolute atomic E-state index is 0. The molecule has 0 saturated carbocycles. The zero-order valence-electron chi connectivity index (χ0n) is 15.5. The lowest BCUT2D eigenvalue weighted by molar-refractivity contribution is -0.131. The number of hydrogen-bond acceptors (Lipinski definition) is 3. The lowest BCUT2D eigenvalue weighted by Gasteiger charge is -2.28. The van der Waals surface area contributed by atoms with E-state index in [4.69, 9.17) is 0 Å². The number of aromatic nitrogens is 2. The summed E-state index contributed by atoms with van der Waals surface area (Å²) in [5, 5.41) is 7.86. The lowest BCUT2D eigenvalue weighted by atomic mass is 9.96. The maximum absolute atomic E-state index is 12.8. The highest BCUT2D eigenvalue weighted by molar-refractivity contribution is 5.85. The van der Waals surface area contributed by atoms with Crippen LogP contribution in [0.3, 0.4) is 0 Å². The van der Waals surface area contributed by atoms with Gasteiger partial charge in [0.15, 0.2) is 0 Å². The van der Waals surface area contributed by atoms with Gasteiger partial charge < -0.3 is 10.2 Å². The molecule has 1 unspecified atom stereocenters. The fourth-order valence-corrected chi connectivity index (χ4v) is 3.96.